The highest BCUT2D eigenvalue weighted by molar-refractivity contribution is 6.31. The van der Waals surface area contributed by atoms with Gasteiger partial charge in [-0.05, 0) is 61.8 Å². The number of rotatable bonds is 6. The Kier molecular flexibility index (Phi) is 6.36. The molecule has 4 nitrogen and oxygen atoms in total. The fourth-order valence-electron chi connectivity index (χ4n) is 3.20. The molecule has 0 aliphatic carbocycles. The van der Waals surface area contributed by atoms with E-state index in [1.54, 1.807) is 30.6 Å². The predicted molar refractivity (Wildman–Crippen MR) is 101 cm³/mol. The summed E-state index contributed by atoms with van der Waals surface area (Å²) in [4.78, 5) is 18.3. The van der Waals surface area contributed by atoms with E-state index in [4.69, 9.17) is 11.6 Å². The third kappa shape index (κ3) is 4.68. The van der Waals surface area contributed by atoms with E-state index in [2.05, 4.69) is 15.2 Å². The monoisotopic (exact) mass is 373 g/mol. The second-order valence-electron chi connectivity index (χ2n) is 6.25. The van der Waals surface area contributed by atoms with Gasteiger partial charge in [-0.2, -0.15) is 0 Å². The Bertz CT molecular complexity index is 756. The van der Waals surface area contributed by atoms with Crippen LogP contribution in [0.3, 0.4) is 0 Å². The average molecular weight is 374 g/mol. The van der Waals surface area contributed by atoms with Crippen molar-refractivity contribution in [2.75, 3.05) is 19.6 Å². The minimum atomic E-state index is -0.337. The maximum Gasteiger partial charge on any atom is 0.244 e. The molecule has 3 rings (SSSR count). The average Bonchev–Trinajstić information content (AvgIpc) is 3.17. The number of carbonyl (C=O) groups is 1. The number of hydrogen-bond acceptors (Lipinski definition) is 3. The highest BCUT2D eigenvalue weighted by Crippen LogP contribution is 2.31. The number of hydrogen-bond donors (Lipinski definition) is 1. The first kappa shape index (κ1) is 18.5. The lowest BCUT2D eigenvalue weighted by molar-refractivity contribution is -0.116. The molecule has 0 bridgehead atoms. The van der Waals surface area contributed by atoms with E-state index in [1.807, 2.05) is 12.1 Å². The molecule has 2 aromatic rings. The number of nitrogens with one attached hydrogen (secondary N) is 1. The van der Waals surface area contributed by atoms with Crippen LogP contribution in [-0.2, 0) is 4.79 Å². The first-order valence-electron chi connectivity index (χ1n) is 8.69. The van der Waals surface area contributed by atoms with E-state index in [-0.39, 0.29) is 17.8 Å². The van der Waals surface area contributed by atoms with Crippen molar-refractivity contribution in [1.29, 1.82) is 0 Å². The van der Waals surface area contributed by atoms with E-state index in [0.717, 1.165) is 31.5 Å². The van der Waals surface area contributed by atoms with Gasteiger partial charge in [-0.25, -0.2) is 4.39 Å². The third-order valence-corrected chi connectivity index (χ3v) is 4.85. The van der Waals surface area contributed by atoms with E-state index in [1.165, 1.54) is 12.1 Å². The third-order valence-electron chi connectivity index (χ3n) is 4.52. The van der Waals surface area contributed by atoms with Crippen LogP contribution in [0, 0.1) is 5.82 Å². The number of benzene rings is 1. The van der Waals surface area contributed by atoms with Crippen molar-refractivity contribution < 1.29 is 9.18 Å². The minimum Gasteiger partial charge on any atom is -0.351 e. The number of likely N-dealkylation sites (tertiary alicyclic amines) is 1. The van der Waals surface area contributed by atoms with Gasteiger partial charge in [0.2, 0.25) is 5.91 Å². The fourth-order valence-corrected chi connectivity index (χ4v) is 3.49. The molecule has 0 saturated carbocycles. The molecule has 1 unspecified atom stereocenters. The van der Waals surface area contributed by atoms with Crippen molar-refractivity contribution in [2.24, 2.45) is 0 Å². The van der Waals surface area contributed by atoms with Crippen LogP contribution in [-0.4, -0.2) is 35.4 Å². The maximum absolute atomic E-state index is 14.4. The van der Waals surface area contributed by atoms with Crippen LogP contribution in [0.1, 0.15) is 30.0 Å². The summed E-state index contributed by atoms with van der Waals surface area (Å²) in [5.74, 6) is -0.561. The van der Waals surface area contributed by atoms with Crippen molar-refractivity contribution in [3.8, 4) is 0 Å². The Hall–Kier alpha value is -2.24. The van der Waals surface area contributed by atoms with Crippen LogP contribution in [0.4, 0.5) is 4.39 Å². The normalized spacial score (nSPS) is 16.1. The van der Waals surface area contributed by atoms with Gasteiger partial charge in [-0.1, -0.05) is 17.7 Å². The SMILES string of the molecule is O=C(/C=C/c1ccncc1)NCC(c1c(F)cccc1Cl)N1CCCC1. The van der Waals surface area contributed by atoms with Gasteiger partial charge < -0.3 is 5.32 Å². The molecule has 1 amide bonds. The highest BCUT2D eigenvalue weighted by atomic mass is 35.5. The highest BCUT2D eigenvalue weighted by Gasteiger charge is 2.27. The van der Waals surface area contributed by atoms with E-state index in [9.17, 15) is 9.18 Å². The summed E-state index contributed by atoms with van der Waals surface area (Å²) in [5, 5.41) is 3.27. The van der Waals surface area contributed by atoms with Crippen molar-refractivity contribution >= 4 is 23.6 Å². The van der Waals surface area contributed by atoms with E-state index >= 15 is 0 Å². The Labute approximate surface area is 157 Å². The Morgan fingerprint density at radius 2 is 2.00 bits per heavy atom. The van der Waals surface area contributed by atoms with Crippen molar-refractivity contribution in [3.63, 3.8) is 0 Å². The summed E-state index contributed by atoms with van der Waals surface area (Å²) in [5.41, 5.74) is 1.35. The van der Waals surface area contributed by atoms with Gasteiger partial charge in [-0.15, -0.1) is 0 Å². The van der Waals surface area contributed by atoms with Crippen LogP contribution in [0.15, 0.2) is 48.8 Å². The number of amides is 1. The molecule has 1 aromatic carbocycles. The summed E-state index contributed by atoms with van der Waals surface area (Å²) >= 11 is 6.26. The van der Waals surface area contributed by atoms with Gasteiger partial charge in [0.25, 0.3) is 0 Å². The molecule has 26 heavy (non-hydrogen) atoms. The Morgan fingerprint density at radius 1 is 1.27 bits per heavy atom. The molecule has 6 heteroatoms. The predicted octanol–water partition coefficient (Wildman–Crippen LogP) is 3.84. The molecular formula is C20H21ClFN3O. The number of aromatic nitrogens is 1. The van der Waals surface area contributed by atoms with Gasteiger partial charge in [-0.3, -0.25) is 14.7 Å². The zero-order valence-corrected chi connectivity index (χ0v) is 15.1. The maximum atomic E-state index is 14.4. The molecule has 1 aromatic heterocycles. The fraction of sp³-hybridized carbons (Fsp3) is 0.300. The molecule has 1 atom stereocenters. The zero-order chi connectivity index (χ0) is 18.4. The summed E-state index contributed by atoms with van der Waals surface area (Å²) in [6.07, 6.45) is 8.66. The first-order valence-corrected chi connectivity index (χ1v) is 9.07. The van der Waals surface area contributed by atoms with Gasteiger partial charge in [0.05, 0.1) is 6.04 Å². The first-order chi connectivity index (χ1) is 12.6. The van der Waals surface area contributed by atoms with E-state index < -0.39 is 0 Å². The Balaban J connectivity index is 1.70. The molecule has 0 spiro atoms. The summed E-state index contributed by atoms with van der Waals surface area (Å²) in [6, 6.07) is 8.05. The smallest absolute Gasteiger partial charge is 0.244 e. The lowest BCUT2D eigenvalue weighted by Gasteiger charge is -2.29. The van der Waals surface area contributed by atoms with Crippen molar-refractivity contribution in [2.45, 2.75) is 18.9 Å². The number of halogens is 2. The van der Waals surface area contributed by atoms with Crippen LogP contribution >= 0.6 is 11.6 Å². The van der Waals surface area contributed by atoms with Gasteiger partial charge >= 0.3 is 0 Å². The largest absolute Gasteiger partial charge is 0.351 e. The second kappa shape index (κ2) is 8.92. The number of carbonyl (C=O) groups excluding carboxylic acids is 1. The molecule has 1 aliphatic heterocycles. The van der Waals surface area contributed by atoms with Crippen LogP contribution < -0.4 is 5.32 Å². The van der Waals surface area contributed by atoms with Gasteiger partial charge in [0, 0.05) is 35.6 Å². The van der Waals surface area contributed by atoms with Crippen LogP contribution in [0.25, 0.3) is 6.08 Å². The summed E-state index contributed by atoms with van der Waals surface area (Å²) in [6.45, 7) is 2.05. The summed E-state index contributed by atoms with van der Waals surface area (Å²) < 4.78 is 14.4. The molecule has 1 aliphatic rings. The molecule has 1 saturated heterocycles. The van der Waals surface area contributed by atoms with Crippen LogP contribution in [0.5, 0.6) is 0 Å². The van der Waals surface area contributed by atoms with E-state index in [0.29, 0.717) is 17.1 Å². The van der Waals surface area contributed by atoms with Crippen molar-refractivity contribution in [3.05, 3.63) is 70.8 Å². The molecule has 2 heterocycles. The van der Waals surface area contributed by atoms with Crippen LogP contribution in [0.2, 0.25) is 5.02 Å². The molecular weight excluding hydrogens is 353 g/mol. The molecule has 1 N–H and O–H groups in total. The number of pyridine rings is 1. The lowest BCUT2D eigenvalue weighted by Crippen LogP contribution is -2.36. The zero-order valence-electron chi connectivity index (χ0n) is 14.4. The topological polar surface area (TPSA) is 45.2 Å². The standard InChI is InChI=1S/C20H21ClFN3O/c21-16-4-3-5-17(22)20(16)18(25-12-1-2-13-25)14-24-19(26)7-6-15-8-10-23-11-9-15/h3-11,18H,1-2,12-14H2,(H,24,26)/b7-6+. The summed E-state index contributed by atoms with van der Waals surface area (Å²) in [7, 11) is 0. The molecule has 1 fully saturated rings. The van der Waals surface area contributed by atoms with Gasteiger partial charge in [0.15, 0.2) is 0 Å². The number of nitrogens with zero attached hydrogens (tertiary/aromatic N) is 2. The minimum absolute atomic E-state index is 0.224. The molecule has 136 valence electrons. The van der Waals surface area contributed by atoms with Gasteiger partial charge in [0.1, 0.15) is 5.82 Å². The quantitative estimate of drug-likeness (QED) is 0.782. The molecule has 0 radical (unpaired) electrons. The Morgan fingerprint density at radius 3 is 2.69 bits per heavy atom. The second-order valence-corrected chi connectivity index (χ2v) is 6.66. The van der Waals surface area contributed by atoms with Crippen molar-refractivity contribution in [1.82, 2.24) is 15.2 Å². The lowest BCUT2D eigenvalue weighted by atomic mass is 10.0.